The number of aromatic amines is 1. The zero-order valence-corrected chi connectivity index (χ0v) is 31.5. The fourth-order valence-electron chi connectivity index (χ4n) is 6.27. The van der Waals surface area contributed by atoms with Gasteiger partial charge >= 0.3 is 6.09 Å². The Labute approximate surface area is 316 Å². The maximum absolute atomic E-state index is 14.2. The standard InChI is InChI=1S/C41H54N6O7/c1-5-26(3)35(23-48)44-37(50)21-36(49)38(27(4)6-2)47-40(52)34(20-31-22-42-25-43-31)45-39(51)33(46-41(53)54-24-28-13-8-7-9-14-28)19-30-17-12-16-29-15-10-11-18-32(29)30/h7-18,22,25-27,33-36,38,48-49H,5-6,19-21,23-24H2,1-4H3,(H,42,43)(H,44,50)(H,45,51)(H,46,53)(H,47,52)/t26-,27?,33-,34-,35+,36-,38-/m0/s1. The van der Waals surface area contributed by atoms with Crippen LogP contribution < -0.4 is 21.3 Å². The van der Waals surface area contributed by atoms with Crippen molar-refractivity contribution in [3.63, 3.8) is 0 Å². The molecular weight excluding hydrogens is 688 g/mol. The first-order chi connectivity index (χ1) is 26.0. The molecule has 0 aliphatic carbocycles. The summed E-state index contributed by atoms with van der Waals surface area (Å²) in [5, 5.41) is 34.2. The number of nitrogens with one attached hydrogen (secondary N) is 5. The van der Waals surface area contributed by atoms with Crippen LogP contribution in [0.4, 0.5) is 4.79 Å². The van der Waals surface area contributed by atoms with E-state index in [0.717, 1.165) is 28.3 Å². The van der Waals surface area contributed by atoms with Gasteiger partial charge in [-0.25, -0.2) is 9.78 Å². The Kier molecular flexibility index (Phi) is 16.0. The van der Waals surface area contributed by atoms with Crippen molar-refractivity contribution in [1.82, 2.24) is 31.2 Å². The lowest BCUT2D eigenvalue weighted by molar-refractivity contribution is -0.131. The van der Waals surface area contributed by atoms with Gasteiger partial charge in [0, 0.05) is 19.0 Å². The average Bonchev–Trinajstić information content (AvgIpc) is 3.70. The monoisotopic (exact) mass is 742 g/mol. The zero-order valence-electron chi connectivity index (χ0n) is 31.5. The molecule has 0 spiro atoms. The van der Waals surface area contributed by atoms with Gasteiger partial charge in [-0.1, -0.05) is 113 Å². The van der Waals surface area contributed by atoms with Crippen molar-refractivity contribution in [1.29, 1.82) is 0 Å². The van der Waals surface area contributed by atoms with E-state index in [1.165, 1.54) is 6.33 Å². The van der Waals surface area contributed by atoms with Crippen LogP contribution in [0.2, 0.25) is 0 Å². The number of aliphatic hydroxyl groups is 2. The molecule has 0 fully saturated rings. The third kappa shape index (κ3) is 12.1. The summed E-state index contributed by atoms with van der Waals surface area (Å²) in [6, 6.07) is 19.0. The smallest absolute Gasteiger partial charge is 0.408 e. The number of fused-ring (bicyclic) bond motifs is 1. The van der Waals surface area contributed by atoms with Crippen molar-refractivity contribution in [2.24, 2.45) is 11.8 Å². The highest BCUT2D eigenvalue weighted by Gasteiger charge is 2.34. The van der Waals surface area contributed by atoms with Crippen LogP contribution in [0.3, 0.4) is 0 Å². The van der Waals surface area contributed by atoms with Gasteiger partial charge in [0.25, 0.3) is 0 Å². The minimum absolute atomic E-state index is 0.00257. The van der Waals surface area contributed by atoms with Gasteiger partial charge in [-0.2, -0.15) is 0 Å². The van der Waals surface area contributed by atoms with E-state index in [4.69, 9.17) is 4.74 Å². The summed E-state index contributed by atoms with van der Waals surface area (Å²) in [6.07, 6.45) is 2.12. The molecule has 290 valence electrons. The topological polar surface area (TPSA) is 195 Å². The number of carbonyl (C=O) groups is 4. The predicted molar refractivity (Wildman–Crippen MR) is 206 cm³/mol. The second-order valence-electron chi connectivity index (χ2n) is 13.9. The van der Waals surface area contributed by atoms with Crippen LogP contribution in [0.25, 0.3) is 10.8 Å². The van der Waals surface area contributed by atoms with E-state index in [9.17, 15) is 29.4 Å². The molecule has 54 heavy (non-hydrogen) atoms. The normalized spacial score (nSPS) is 15.1. The lowest BCUT2D eigenvalue weighted by Gasteiger charge is -2.31. The second-order valence-corrected chi connectivity index (χ2v) is 13.9. The number of hydrogen-bond acceptors (Lipinski definition) is 8. The zero-order chi connectivity index (χ0) is 39.0. The summed E-state index contributed by atoms with van der Waals surface area (Å²) < 4.78 is 5.47. The van der Waals surface area contributed by atoms with Crippen molar-refractivity contribution >= 4 is 34.6 Å². The fourth-order valence-corrected chi connectivity index (χ4v) is 6.27. The molecule has 4 amide bonds. The number of ether oxygens (including phenoxy) is 1. The molecule has 0 saturated heterocycles. The highest BCUT2D eigenvalue weighted by atomic mass is 16.5. The van der Waals surface area contributed by atoms with E-state index in [1.54, 1.807) is 6.20 Å². The molecule has 7 N–H and O–H groups in total. The first-order valence-electron chi connectivity index (χ1n) is 18.6. The van der Waals surface area contributed by atoms with Crippen LogP contribution >= 0.6 is 0 Å². The fraction of sp³-hybridized carbons (Fsp3) is 0.439. The number of nitrogens with zero attached hydrogens (tertiary/aromatic N) is 1. The third-order valence-corrected chi connectivity index (χ3v) is 9.98. The van der Waals surface area contributed by atoms with Crippen molar-refractivity contribution in [3.05, 3.63) is 102 Å². The molecule has 0 bridgehead atoms. The maximum Gasteiger partial charge on any atom is 0.408 e. The number of hydrogen-bond donors (Lipinski definition) is 7. The van der Waals surface area contributed by atoms with E-state index in [1.807, 2.05) is 100 Å². The molecule has 1 aromatic heterocycles. The third-order valence-electron chi connectivity index (χ3n) is 9.98. The van der Waals surface area contributed by atoms with Crippen LogP contribution in [-0.2, 0) is 38.6 Å². The van der Waals surface area contributed by atoms with E-state index in [0.29, 0.717) is 12.1 Å². The molecule has 7 atom stereocenters. The number of imidazole rings is 1. The Balaban J connectivity index is 1.56. The van der Waals surface area contributed by atoms with Crippen LogP contribution in [0.5, 0.6) is 0 Å². The average molecular weight is 743 g/mol. The minimum Gasteiger partial charge on any atom is -0.445 e. The maximum atomic E-state index is 14.2. The quantitative estimate of drug-likeness (QED) is 0.0708. The number of aliphatic hydroxyl groups excluding tert-OH is 2. The molecule has 3 aromatic carbocycles. The first kappa shape index (κ1) is 41.5. The molecular formula is C41H54N6O7. The van der Waals surface area contributed by atoms with Gasteiger partial charge in [-0.15, -0.1) is 0 Å². The second kappa shape index (κ2) is 20.8. The Hall–Kier alpha value is -5.27. The molecule has 0 radical (unpaired) electrons. The van der Waals surface area contributed by atoms with E-state index in [2.05, 4.69) is 31.2 Å². The number of amides is 4. The molecule has 13 heteroatoms. The number of rotatable bonds is 20. The molecule has 0 saturated carbocycles. The molecule has 1 unspecified atom stereocenters. The first-order valence-corrected chi connectivity index (χ1v) is 18.6. The summed E-state index contributed by atoms with van der Waals surface area (Å²) in [5.74, 6) is -1.90. The number of benzene rings is 3. The lowest BCUT2D eigenvalue weighted by atomic mass is 9.91. The van der Waals surface area contributed by atoms with Gasteiger partial charge in [0.1, 0.15) is 18.7 Å². The molecule has 4 aromatic rings. The van der Waals surface area contributed by atoms with E-state index in [-0.39, 0.29) is 44.3 Å². The van der Waals surface area contributed by atoms with Crippen LogP contribution in [0, 0.1) is 11.8 Å². The molecule has 4 rings (SSSR count). The predicted octanol–water partition coefficient (Wildman–Crippen LogP) is 3.93. The van der Waals surface area contributed by atoms with Crippen LogP contribution in [0.15, 0.2) is 85.3 Å². The summed E-state index contributed by atoms with van der Waals surface area (Å²) in [5.41, 5.74) is 2.08. The van der Waals surface area contributed by atoms with Gasteiger partial charge < -0.3 is 41.2 Å². The van der Waals surface area contributed by atoms with Gasteiger partial charge in [-0.3, -0.25) is 14.4 Å². The Morgan fingerprint density at radius 3 is 2.15 bits per heavy atom. The van der Waals surface area contributed by atoms with Crippen molar-refractivity contribution in [2.75, 3.05) is 6.61 Å². The number of H-pyrrole nitrogens is 1. The number of carbonyl (C=O) groups excluding carboxylic acids is 4. The number of alkyl carbamates (subject to hydrolysis) is 1. The lowest BCUT2D eigenvalue weighted by Crippen LogP contribution is -2.58. The largest absolute Gasteiger partial charge is 0.445 e. The van der Waals surface area contributed by atoms with E-state index < -0.39 is 54.1 Å². The summed E-state index contributed by atoms with van der Waals surface area (Å²) in [6.45, 7) is 7.40. The van der Waals surface area contributed by atoms with Gasteiger partial charge in [-0.05, 0) is 33.7 Å². The SMILES string of the molecule is CCC(C)[C@H](NC(=O)[C@H](Cc1c[nH]cn1)NC(=O)[C@H](Cc1cccc2ccccc12)NC(=O)OCc1ccccc1)[C@@H](O)CC(=O)N[C@H](CO)[C@@H](C)CC. The molecule has 1 heterocycles. The van der Waals surface area contributed by atoms with Crippen molar-refractivity contribution in [2.45, 2.75) is 96.7 Å². The summed E-state index contributed by atoms with van der Waals surface area (Å²) in [4.78, 5) is 61.5. The van der Waals surface area contributed by atoms with Crippen LogP contribution in [-0.4, -0.2) is 80.9 Å². The van der Waals surface area contributed by atoms with Gasteiger partial charge in [0.15, 0.2) is 0 Å². The Morgan fingerprint density at radius 1 is 0.796 bits per heavy atom. The van der Waals surface area contributed by atoms with Crippen LogP contribution in [0.1, 0.15) is 63.8 Å². The highest BCUT2D eigenvalue weighted by Crippen LogP contribution is 2.21. The van der Waals surface area contributed by atoms with Gasteiger partial charge in [0.2, 0.25) is 17.7 Å². The summed E-state index contributed by atoms with van der Waals surface area (Å²) in [7, 11) is 0. The van der Waals surface area contributed by atoms with Crippen molar-refractivity contribution < 1.29 is 34.1 Å². The molecule has 0 aliphatic rings. The number of aromatic nitrogens is 2. The van der Waals surface area contributed by atoms with Crippen molar-refractivity contribution in [3.8, 4) is 0 Å². The van der Waals surface area contributed by atoms with E-state index >= 15 is 0 Å². The Bertz CT molecular complexity index is 1780. The minimum atomic E-state index is -1.26. The Morgan fingerprint density at radius 2 is 1.46 bits per heavy atom. The summed E-state index contributed by atoms with van der Waals surface area (Å²) >= 11 is 0. The molecule has 13 nitrogen and oxygen atoms in total. The molecule has 0 aliphatic heterocycles. The highest BCUT2D eigenvalue weighted by molar-refractivity contribution is 5.93. The van der Waals surface area contributed by atoms with Gasteiger partial charge in [0.05, 0.1) is 43.2 Å².